The lowest BCUT2D eigenvalue weighted by atomic mass is 10.0. The number of imidazole rings is 1. The van der Waals surface area contributed by atoms with E-state index >= 15 is 0 Å². The van der Waals surface area contributed by atoms with Crippen LogP contribution >= 0.6 is 27.5 Å². The monoisotopic (exact) mass is 355 g/mol. The Bertz CT molecular complexity index is 568. The molecule has 1 N–H and O–H groups in total. The molecule has 1 aromatic heterocycles. The number of benzene rings is 1. The van der Waals surface area contributed by atoms with Gasteiger partial charge in [0.05, 0.1) is 0 Å². The van der Waals surface area contributed by atoms with Crippen molar-refractivity contribution in [2.45, 2.75) is 32.4 Å². The van der Waals surface area contributed by atoms with Gasteiger partial charge >= 0.3 is 0 Å². The van der Waals surface area contributed by atoms with E-state index in [2.05, 4.69) is 43.8 Å². The third-order valence-electron chi connectivity index (χ3n) is 3.34. The Kier molecular flexibility index (Phi) is 5.64. The number of aryl methyl sites for hydroxylation is 1. The van der Waals surface area contributed by atoms with Crippen molar-refractivity contribution >= 4 is 27.5 Å². The van der Waals surface area contributed by atoms with Gasteiger partial charge in [-0.3, -0.25) is 0 Å². The molecule has 0 radical (unpaired) electrons. The van der Waals surface area contributed by atoms with E-state index in [9.17, 15) is 0 Å². The first kappa shape index (κ1) is 15.5. The van der Waals surface area contributed by atoms with Gasteiger partial charge in [-0.15, -0.1) is 0 Å². The number of likely N-dealkylation sites (N-methyl/N-ethyl adjacent to an activating group) is 1. The molecule has 0 saturated heterocycles. The molecule has 1 unspecified atom stereocenters. The molecule has 0 fully saturated rings. The Morgan fingerprint density at radius 1 is 1.45 bits per heavy atom. The molecule has 0 saturated carbocycles. The molecule has 0 bridgehead atoms. The van der Waals surface area contributed by atoms with Crippen LogP contribution in [0.1, 0.15) is 30.8 Å². The first-order valence-corrected chi connectivity index (χ1v) is 7.95. The van der Waals surface area contributed by atoms with Crippen LogP contribution in [-0.2, 0) is 13.0 Å². The fraction of sp³-hybridized carbons (Fsp3) is 0.400. The van der Waals surface area contributed by atoms with Crippen LogP contribution in [0, 0.1) is 0 Å². The molecule has 3 nitrogen and oxygen atoms in total. The van der Waals surface area contributed by atoms with E-state index in [0.717, 1.165) is 34.7 Å². The number of rotatable bonds is 6. The van der Waals surface area contributed by atoms with E-state index in [1.165, 1.54) is 5.56 Å². The van der Waals surface area contributed by atoms with Gasteiger partial charge in [0.1, 0.15) is 5.82 Å². The molecule has 2 aromatic rings. The third kappa shape index (κ3) is 3.62. The van der Waals surface area contributed by atoms with Gasteiger partial charge in [-0.1, -0.05) is 40.5 Å². The van der Waals surface area contributed by atoms with E-state index in [1.54, 1.807) is 0 Å². The summed E-state index contributed by atoms with van der Waals surface area (Å²) in [4.78, 5) is 4.48. The normalized spacial score (nSPS) is 12.6. The van der Waals surface area contributed by atoms with Crippen molar-refractivity contribution in [2.75, 3.05) is 7.05 Å². The minimum Gasteiger partial charge on any atom is -0.335 e. The zero-order valence-corrected chi connectivity index (χ0v) is 14.1. The predicted octanol–water partition coefficient (Wildman–Crippen LogP) is 4.21. The lowest BCUT2D eigenvalue weighted by molar-refractivity contribution is 0.541. The van der Waals surface area contributed by atoms with E-state index in [4.69, 9.17) is 11.6 Å². The molecular formula is C15H19BrClN3. The van der Waals surface area contributed by atoms with Crippen molar-refractivity contribution in [3.05, 3.63) is 51.5 Å². The Balaban J connectivity index is 2.22. The molecule has 0 amide bonds. The Labute approximate surface area is 133 Å². The maximum atomic E-state index is 6.01. The Morgan fingerprint density at radius 3 is 2.90 bits per heavy atom. The SMILES string of the molecule is CCCn1ccnc1CC(NC)c1ccc(Cl)cc1Br. The van der Waals surface area contributed by atoms with Crippen molar-refractivity contribution in [3.63, 3.8) is 0 Å². The zero-order valence-electron chi connectivity index (χ0n) is 11.7. The number of hydrogen-bond acceptors (Lipinski definition) is 2. The van der Waals surface area contributed by atoms with Crippen molar-refractivity contribution < 1.29 is 0 Å². The van der Waals surface area contributed by atoms with Gasteiger partial charge < -0.3 is 9.88 Å². The number of nitrogens with one attached hydrogen (secondary N) is 1. The lowest BCUT2D eigenvalue weighted by Gasteiger charge is -2.19. The van der Waals surface area contributed by atoms with Crippen LogP contribution in [0.25, 0.3) is 0 Å². The average molecular weight is 357 g/mol. The Morgan fingerprint density at radius 2 is 2.25 bits per heavy atom. The van der Waals surface area contributed by atoms with Gasteiger partial charge in [0.25, 0.3) is 0 Å². The highest BCUT2D eigenvalue weighted by Crippen LogP contribution is 2.28. The van der Waals surface area contributed by atoms with Crippen LogP contribution in [0.4, 0.5) is 0 Å². The summed E-state index contributed by atoms with van der Waals surface area (Å²) in [7, 11) is 1.97. The number of nitrogens with zero attached hydrogens (tertiary/aromatic N) is 2. The molecule has 0 spiro atoms. The molecule has 0 aliphatic carbocycles. The quantitative estimate of drug-likeness (QED) is 0.840. The summed E-state index contributed by atoms with van der Waals surface area (Å²) in [6.07, 6.45) is 5.87. The topological polar surface area (TPSA) is 29.9 Å². The van der Waals surface area contributed by atoms with Gasteiger partial charge in [0, 0.05) is 40.9 Å². The first-order chi connectivity index (χ1) is 9.65. The summed E-state index contributed by atoms with van der Waals surface area (Å²) in [5.74, 6) is 1.10. The van der Waals surface area contributed by atoms with Gasteiger partial charge in [0.2, 0.25) is 0 Å². The standard InChI is InChI=1S/C15H19BrClN3/c1-3-7-20-8-6-19-15(20)10-14(18-2)12-5-4-11(17)9-13(12)16/h4-6,8-9,14,18H,3,7,10H2,1-2H3. The molecule has 2 rings (SSSR count). The van der Waals surface area contributed by atoms with Gasteiger partial charge in [-0.25, -0.2) is 4.98 Å². The second-order valence-electron chi connectivity index (χ2n) is 4.75. The van der Waals surface area contributed by atoms with Crippen molar-refractivity contribution in [3.8, 4) is 0 Å². The van der Waals surface area contributed by atoms with Crippen LogP contribution in [0.15, 0.2) is 35.1 Å². The average Bonchev–Trinajstić information content (AvgIpc) is 2.84. The van der Waals surface area contributed by atoms with E-state index in [-0.39, 0.29) is 6.04 Å². The lowest BCUT2D eigenvalue weighted by Crippen LogP contribution is -2.21. The minimum atomic E-state index is 0.208. The van der Waals surface area contributed by atoms with E-state index < -0.39 is 0 Å². The summed E-state index contributed by atoms with van der Waals surface area (Å²) in [5.41, 5.74) is 1.20. The molecule has 108 valence electrons. The van der Waals surface area contributed by atoms with Gasteiger partial charge in [0.15, 0.2) is 0 Å². The summed E-state index contributed by atoms with van der Waals surface area (Å²) in [6, 6.07) is 6.12. The van der Waals surface area contributed by atoms with Crippen LogP contribution < -0.4 is 5.32 Å². The summed E-state index contributed by atoms with van der Waals surface area (Å²) in [6.45, 7) is 3.18. The zero-order chi connectivity index (χ0) is 14.5. The van der Waals surface area contributed by atoms with Crippen LogP contribution in [0.3, 0.4) is 0 Å². The highest BCUT2D eigenvalue weighted by molar-refractivity contribution is 9.10. The largest absolute Gasteiger partial charge is 0.335 e. The molecule has 0 aliphatic heterocycles. The molecule has 1 aromatic carbocycles. The number of hydrogen-bond donors (Lipinski definition) is 1. The van der Waals surface area contributed by atoms with Crippen molar-refractivity contribution in [2.24, 2.45) is 0 Å². The second kappa shape index (κ2) is 7.25. The summed E-state index contributed by atoms with van der Waals surface area (Å²) < 4.78 is 3.24. The highest BCUT2D eigenvalue weighted by Gasteiger charge is 2.16. The van der Waals surface area contributed by atoms with E-state index in [1.807, 2.05) is 31.6 Å². The maximum Gasteiger partial charge on any atom is 0.110 e. The minimum absolute atomic E-state index is 0.208. The fourth-order valence-electron chi connectivity index (χ4n) is 2.31. The first-order valence-electron chi connectivity index (χ1n) is 6.78. The molecule has 1 heterocycles. The van der Waals surface area contributed by atoms with Crippen LogP contribution in [0.5, 0.6) is 0 Å². The fourth-order valence-corrected chi connectivity index (χ4v) is 3.27. The highest BCUT2D eigenvalue weighted by atomic mass is 79.9. The maximum absolute atomic E-state index is 6.01. The van der Waals surface area contributed by atoms with Gasteiger partial charge in [-0.2, -0.15) is 0 Å². The molecule has 20 heavy (non-hydrogen) atoms. The summed E-state index contributed by atoms with van der Waals surface area (Å²) >= 11 is 9.60. The van der Waals surface area contributed by atoms with Crippen molar-refractivity contribution in [1.29, 1.82) is 0 Å². The molecule has 1 atom stereocenters. The van der Waals surface area contributed by atoms with Gasteiger partial charge in [-0.05, 0) is 31.2 Å². The number of aromatic nitrogens is 2. The molecular weight excluding hydrogens is 338 g/mol. The van der Waals surface area contributed by atoms with Crippen LogP contribution in [0.2, 0.25) is 5.02 Å². The van der Waals surface area contributed by atoms with E-state index in [0.29, 0.717) is 0 Å². The second-order valence-corrected chi connectivity index (χ2v) is 6.04. The number of halogens is 2. The third-order valence-corrected chi connectivity index (χ3v) is 4.26. The van der Waals surface area contributed by atoms with Crippen LogP contribution in [-0.4, -0.2) is 16.6 Å². The smallest absolute Gasteiger partial charge is 0.110 e. The Hall–Kier alpha value is -0.840. The summed E-state index contributed by atoms with van der Waals surface area (Å²) in [5, 5.41) is 4.10. The van der Waals surface area contributed by atoms with Crippen molar-refractivity contribution in [1.82, 2.24) is 14.9 Å². The predicted molar refractivity (Wildman–Crippen MR) is 87.2 cm³/mol. The molecule has 0 aliphatic rings. The molecule has 5 heteroatoms.